The molecule has 1 aromatic heterocycles. The summed E-state index contributed by atoms with van der Waals surface area (Å²) in [5, 5.41) is 5.38. The number of thiophene rings is 1. The molecule has 2 heterocycles. The molecule has 3 nitrogen and oxygen atoms in total. The van der Waals surface area contributed by atoms with Crippen LogP contribution in [0, 0.1) is 5.82 Å². The minimum Gasteiger partial charge on any atom is -0.330 e. The minimum atomic E-state index is -0.247. The first-order valence-corrected chi connectivity index (χ1v) is 8.95. The zero-order chi connectivity index (χ0) is 15.8. The molecule has 0 spiro atoms. The Balaban J connectivity index is 1.63. The molecule has 1 aliphatic carbocycles. The summed E-state index contributed by atoms with van der Waals surface area (Å²) in [5.41, 5.74) is 2.16. The van der Waals surface area contributed by atoms with Crippen molar-refractivity contribution in [2.75, 3.05) is 13.1 Å². The molecule has 2 aromatic rings. The fraction of sp³-hybridized carbons (Fsp3) is 0.389. The summed E-state index contributed by atoms with van der Waals surface area (Å²) in [6.07, 6.45) is 3.24. The molecular weight excluding hydrogens is 311 g/mol. The van der Waals surface area contributed by atoms with E-state index in [1.54, 1.807) is 23.5 Å². The summed E-state index contributed by atoms with van der Waals surface area (Å²) < 4.78 is 13.3. The molecular formula is C18H19FN2OS. The van der Waals surface area contributed by atoms with Gasteiger partial charge in [-0.2, -0.15) is 0 Å². The van der Waals surface area contributed by atoms with Gasteiger partial charge < -0.3 is 10.2 Å². The zero-order valence-corrected chi connectivity index (χ0v) is 13.6. The van der Waals surface area contributed by atoms with E-state index in [0.717, 1.165) is 18.5 Å². The zero-order valence-electron chi connectivity index (χ0n) is 12.8. The third-order valence-corrected chi connectivity index (χ3v) is 5.59. The normalized spacial score (nSPS) is 20.4. The molecule has 1 unspecified atom stereocenters. The van der Waals surface area contributed by atoms with Crippen LogP contribution in [0.2, 0.25) is 0 Å². The van der Waals surface area contributed by atoms with Crippen molar-refractivity contribution in [3.8, 4) is 0 Å². The van der Waals surface area contributed by atoms with Gasteiger partial charge in [-0.25, -0.2) is 4.39 Å². The number of nitrogens with zero attached hydrogens (tertiary/aromatic N) is 1. The minimum absolute atomic E-state index is 0.0981. The van der Waals surface area contributed by atoms with Crippen LogP contribution >= 0.6 is 11.3 Å². The van der Waals surface area contributed by atoms with E-state index in [1.165, 1.54) is 35.4 Å². The smallest absolute Gasteiger partial charge is 0.237 e. The second-order valence-electron chi connectivity index (χ2n) is 6.25. The Hall–Kier alpha value is -1.72. The third kappa shape index (κ3) is 3.03. The maximum Gasteiger partial charge on any atom is 0.237 e. The molecule has 1 atom stereocenters. The summed E-state index contributed by atoms with van der Waals surface area (Å²) in [4.78, 5) is 16.0. The topological polar surface area (TPSA) is 32.3 Å². The molecule has 1 amide bonds. The number of fused-ring (bicyclic) bond motifs is 1. The number of amides is 1. The van der Waals surface area contributed by atoms with Crippen LogP contribution in [-0.4, -0.2) is 29.9 Å². The standard InChI is InChI=1S/C18H19FN2OS/c19-13-3-1-12(2-4-13)18-15-8-10-23-16(15)7-9-21(18)17(22)11-20-14-5-6-14/h1-4,8,10,14,18,20H,5-7,9,11H2. The van der Waals surface area contributed by atoms with Gasteiger partial charge in [-0.15, -0.1) is 11.3 Å². The Bertz CT molecular complexity index is 708. The Labute approximate surface area is 139 Å². The van der Waals surface area contributed by atoms with Crippen molar-refractivity contribution in [3.63, 3.8) is 0 Å². The van der Waals surface area contributed by atoms with E-state index in [1.807, 2.05) is 4.90 Å². The predicted molar refractivity (Wildman–Crippen MR) is 89.0 cm³/mol. The molecule has 1 aliphatic heterocycles. The van der Waals surface area contributed by atoms with Gasteiger partial charge in [-0.1, -0.05) is 12.1 Å². The average Bonchev–Trinajstić information content (AvgIpc) is 3.27. The van der Waals surface area contributed by atoms with Crippen LogP contribution in [0.1, 0.15) is 34.9 Å². The summed E-state index contributed by atoms with van der Waals surface area (Å²) in [6, 6.07) is 9.05. The summed E-state index contributed by atoms with van der Waals surface area (Å²) in [6.45, 7) is 1.11. The van der Waals surface area contributed by atoms with Crippen LogP contribution < -0.4 is 5.32 Å². The number of nitrogens with one attached hydrogen (secondary N) is 1. The number of hydrogen-bond acceptors (Lipinski definition) is 3. The molecule has 1 saturated carbocycles. The second kappa shape index (κ2) is 6.06. The van der Waals surface area contributed by atoms with Crippen LogP contribution in [0.4, 0.5) is 4.39 Å². The van der Waals surface area contributed by atoms with Crippen molar-refractivity contribution in [2.24, 2.45) is 0 Å². The highest BCUT2D eigenvalue weighted by molar-refractivity contribution is 7.10. The number of benzene rings is 1. The van der Waals surface area contributed by atoms with Crippen LogP contribution in [-0.2, 0) is 11.2 Å². The summed E-state index contributed by atoms with van der Waals surface area (Å²) in [5.74, 6) is -0.119. The Morgan fingerprint density at radius 1 is 1.26 bits per heavy atom. The van der Waals surface area contributed by atoms with Gasteiger partial charge in [0, 0.05) is 17.5 Å². The van der Waals surface area contributed by atoms with Crippen LogP contribution in [0.25, 0.3) is 0 Å². The van der Waals surface area contributed by atoms with Crippen molar-refractivity contribution in [1.29, 1.82) is 0 Å². The van der Waals surface area contributed by atoms with E-state index in [-0.39, 0.29) is 17.8 Å². The lowest BCUT2D eigenvalue weighted by Crippen LogP contribution is -2.44. The average molecular weight is 330 g/mol. The Morgan fingerprint density at radius 3 is 2.78 bits per heavy atom. The van der Waals surface area contributed by atoms with E-state index >= 15 is 0 Å². The summed E-state index contributed by atoms with van der Waals surface area (Å²) >= 11 is 1.74. The van der Waals surface area contributed by atoms with E-state index < -0.39 is 0 Å². The number of halogens is 1. The largest absolute Gasteiger partial charge is 0.330 e. The molecule has 1 aromatic carbocycles. The number of carbonyl (C=O) groups is 1. The highest BCUT2D eigenvalue weighted by Gasteiger charge is 2.33. The quantitative estimate of drug-likeness (QED) is 0.934. The van der Waals surface area contributed by atoms with Crippen molar-refractivity contribution in [3.05, 3.63) is 57.5 Å². The summed E-state index contributed by atoms with van der Waals surface area (Å²) in [7, 11) is 0. The van der Waals surface area contributed by atoms with Gasteiger partial charge in [-0.3, -0.25) is 4.79 Å². The Kier molecular flexibility index (Phi) is 3.91. The van der Waals surface area contributed by atoms with Gasteiger partial charge in [0.1, 0.15) is 5.82 Å². The highest BCUT2D eigenvalue weighted by Crippen LogP contribution is 2.37. The molecule has 5 heteroatoms. The lowest BCUT2D eigenvalue weighted by atomic mass is 9.93. The SMILES string of the molecule is O=C(CNC1CC1)N1CCc2sccc2C1c1ccc(F)cc1. The highest BCUT2D eigenvalue weighted by atomic mass is 32.1. The molecule has 1 fully saturated rings. The van der Waals surface area contributed by atoms with Gasteiger partial charge in [0.05, 0.1) is 12.6 Å². The molecule has 120 valence electrons. The van der Waals surface area contributed by atoms with Crippen molar-refractivity contribution < 1.29 is 9.18 Å². The second-order valence-corrected chi connectivity index (χ2v) is 7.25. The van der Waals surface area contributed by atoms with Gasteiger partial charge in [0.25, 0.3) is 0 Å². The lowest BCUT2D eigenvalue weighted by Gasteiger charge is -2.36. The molecule has 0 bridgehead atoms. The maximum absolute atomic E-state index is 13.3. The van der Waals surface area contributed by atoms with Crippen molar-refractivity contribution in [1.82, 2.24) is 10.2 Å². The third-order valence-electron chi connectivity index (χ3n) is 4.59. The predicted octanol–water partition coefficient (Wildman–Crippen LogP) is 3.11. The van der Waals surface area contributed by atoms with Crippen LogP contribution in [0.3, 0.4) is 0 Å². The Morgan fingerprint density at radius 2 is 2.04 bits per heavy atom. The molecule has 0 radical (unpaired) electrons. The first-order valence-electron chi connectivity index (χ1n) is 8.07. The van der Waals surface area contributed by atoms with E-state index in [0.29, 0.717) is 12.6 Å². The molecule has 4 rings (SSSR count). The monoisotopic (exact) mass is 330 g/mol. The van der Waals surface area contributed by atoms with Gasteiger partial charge in [0.15, 0.2) is 0 Å². The fourth-order valence-electron chi connectivity index (χ4n) is 3.21. The van der Waals surface area contributed by atoms with Gasteiger partial charge in [-0.05, 0) is 54.0 Å². The maximum atomic E-state index is 13.3. The van der Waals surface area contributed by atoms with Crippen LogP contribution in [0.5, 0.6) is 0 Å². The first kappa shape index (κ1) is 14.8. The fourth-order valence-corrected chi connectivity index (χ4v) is 4.11. The number of hydrogen-bond donors (Lipinski definition) is 1. The van der Waals surface area contributed by atoms with Crippen LogP contribution in [0.15, 0.2) is 35.7 Å². The molecule has 1 N–H and O–H groups in total. The first-order chi connectivity index (χ1) is 11.2. The molecule has 2 aliphatic rings. The lowest BCUT2D eigenvalue weighted by molar-refractivity contribution is -0.132. The van der Waals surface area contributed by atoms with E-state index in [4.69, 9.17) is 0 Å². The van der Waals surface area contributed by atoms with E-state index in [2.05, 4.69) is 16.8 Å². The van der Waals surface area contributed by atoms with Crippen molar-refractivity contribution >= 4 is 17.2 Å². The van der Waals surface area contributed by atoms with Crippen molar-refractivity contribution in [2.45, 2.75) is 31.3 Å². The van der Waals surface area contributed by atoms with E-state index in [9.17, 15) is 9.18 Å². The van der Waals surface area contributed by atoms with Gasteiger partial charge >= 0.3 is 0 Å². The van der Waals surface area contributed by atoms with Gasteiger partial charge in [0.2, 0.25) is 5.91 Å². The molecule has 23 heavy (non-hydrogen) atoms. The molecule has 0 saturated heterocycles. The number of rotatable bonds is 4. The number of carbonyl (C=O) groups excluding carboxylic acids is 1.